The number of likely N-dealkylation sites (N-methyl/N-ethyl adjacent to an activating group) is 1. The van der Waals surface area contributed by atoms with Crippen LogP contribution in [-0.4, -0.2) is 70.7 Å². The first-order valence-electron chi connectivity index (χ1n) is 20.2. The molecular formula is C43H76NO7P. The van der Waals surface area contributed by atoms with Crippen molar-refractivity contribution in [1.82, 2.24) is 0 Å². The lowest BCUT2D eigenvalue weighted by Crippen LogP contribution is -2.37. The molecule has 0 aliphatic rings. The topological polar surface area (TPSA) is 94.1 Å². The van der Waals surface area contributed by atoms with E-state index in [2.05, 4.69) is 86.8 Å². The normalized spacial score (nSPS) is 14.7. The maximum Gasteiger partial charge on any atom is 0.306 e. The predicted octanol–water partition coefficient (Wildman–Crippen LogP) is 10.9. The second-order valence-corrected chi connectivity index (χ2v) is 15.7. The molecule has 0 saturated heterocycles. The molecule has 0 aliphatic heterocycles. The Morgan fingerprint density at radius 2 is 1.12 bits per heavy atom. The maximum atomic E-state index is 12.6. The molecule has 0 aliphatic carbocycles. The van der Waals surface area contributed by atoms with E-state index in [0.717, 1.165) is 64.2 Å². The number of hydrogen-bond acceptors (Lipinski definition) is 7. The lowest BCUT2D eigenvalue weighted by atomic mass is 10.1. The number of carbonyl (C=O) groups excluding carboxylic acids is 1. The number of allylic oxidation sites excluding steroid dienone is 12. The number of phosphoric acid groups is 1. The lowest BCUT2D eigenvalue weighted by molar-refractivity contribution is -0.870. The molecule has 0 aromatic carbocycles. The largest absolute Gasteiger partial charge is 0.756 e. The standard InChI is InChI=1S/C43H76NO7P/c1-6-8-10-12-14-16-18-20-21-22-23-24-26-28-30-32-34-36-43(45)51-42(41-50-52(46,47)49-39-37-44(3,4)5)40-48-38-35-33-31-29-27-25-19-17-15-13-11-9-7-2/h8,10,14-17,20-21,23-24,28,30,42H,6-7,9,11-13,18-19,22,25-27,29,31-41H2,1-5H3/b10-8-,16-14-,17-15-,21-20-,24-23-,30-28-. The summed E-state index contributed by atoms with van der Waals surface area (Å²) in [5, 5.41) is 0. The first-order valence-corrected chi connectivity index (χ1v) is 21.6. The summed E-state index contributed by atoms with van der Waals surface area (Å²) in [5.41, 5.74) is 0. The van der Waals surface area contributed by atoms with Crippen molar-refractivity contribution in [2.75, 3.05) is 54.1 Å². The SMILES string of the molecule is CC/C=C\C/C=C\C/C=C\C/C=C\C/C=C\CCCC(=O)OC(COCCCCCCCC/C=C\CCCCC)COP(=O)([O-])OCC[N+](C)(C)C. The number of hydrogen-bond donors (Lipinski definition) is 0. The highest BCUT2D eigenvalue weighted by atomic mass is 31.2. The van der Waals surface area contributed by atoms with Gasteiger partial charge in [-0.15, -0.1) is 0 Å². The molecule has 0 aromatic rings. The smallest absolute Gasteiger partial charge is 0.306 e. The lowest BCUT2D eigenvalue weighted by Gasteiger charge is -2.28. The van der Waals surface area contributed by atoms with Crippen LogP contribution in [0.5, 0.6) is 0 Å². The number of esters is 1. The van der Waals surface area contributed by atoms with Gasteiger partial charge in [-0.25, -0.2) is 0 Å². The van der Waals surface area contributed by atoms with E-state index in [1.807, 2.05) is 21.1 Å². The Hall–Kier alpha value is -2.06. The second kappa shape index (κ2) is 35.9. The van der Waals surface area contributed by atoms with Crippen LogP contribution >= 0.6 is 7.82 Å². The van der Waals surface area contributed by atoms with Crippen molar-refractivity contribution in [3.63, 3.8) is 0 Å². The average molecular weight is 750 g/mol. The number of carbonyl (C=O) groups is 1. The van der Waals surface area contributed by atoms with E-state index in [0.29, 0.717) is 24.1 Å². The van der Waals surface area contributed by atoms with Gasteiger partial charge in [0.25, 0.3) is 7.82 Å². The van der Waals surface area contributed by atoms with Crippen molar-refractivity contribution in [3.8, 4) is 0 Å². The molecule has 2 atom stereocenters. The van der Waals surface area contributed by atoms with Crippen LogP contribution in [0.15, 0.2) is 72.9 Å². The first-order chi connectivity index (χ1) is 25.1. The molecule has 0 N–H and O–H groups in total. The molecular weight excluding hydrogens is 673 g/mol. The van der Waals surface area contributed by atoms with Crippen molar-refractivity contribution in [3.05, 3.63) is 72.9 Å². The molecule has 0 rings (SSSR count). The number of unbranched alkanes of at least 4 members (excludes halogenated alkanes) is 10. The fourth-order valence-corrected chi connectivity index (χ4v) is 5.60. The van der Waals surface area contributed by atoms with Gasteiger partial charge in [0, 0.05) is 13.0 Å². The van der Waals surface area contributed by atoms with Gasteiger partial charge in [-0.2, -0.15) is 0 Å². The third kappa shape index (κ3) is 39.2. The summed E-state index contributed by atoms with van der Waals surface area (Å²) < 4.78 is 34.4. The number of ether oxygens (including phenoxy) is 2. The molecule has 0 radical (unpaired) electrons. The van der Waals surface area contributed by atoms with Crippen LogP contribution in [-0.2, 0) is 27.9 Å². The van der Waals surface area contributed by atoms with Crippen LogP contribution in [0, 0.1) is 0 Å². The highest BCUT2D eigenvalue weighted by Gasteiger charge is 2.20. The Labute approximate surface area is 319 Å². The molecule has 2 unspecified atom stereocenters. The first kappa shape index (κ1) is 49.9. The molecule has 8 nitrogen and oxygen atoms in total. The summed E-state index contributed by atoms with van der Waals surface area (Å²) in [6.07, 6.45) is 44.9. The summed E-state index contributed by atoms with van der Waals surface area (Å²) in [6.45, 7) is 5.15. The van der Waals surface area contributed by atoms with Gasteiger partial charge in [0.05, 0.1) is 34.4 Å². The maximum absolute atomic E-state index is 12.6. The Balaban J connectivity index is 4.42. The van der Waals surface area contributed by atoms with Crippen molar-refractivity contribution in [2.45, 2.75) is 142 Å². The average Bonchev–Trinajstić information content (AvgIpc) is 3.09. The third-order valence-electron chi connectivity index (χ3n) is 7.99. The quantitative estimate of drug-likeness (QED) is 0.0207. The van der Waals surface area contributed by atoms with Crippen LogP contribution in [0.4, 0.5) is 0 Å². The van der Waals surface area contributed by atoms with Crippen LogP contribution in [0.3, 0.4) is 0 Å². The molecule has 0 aromatic heterocycles. The van der Waals surface area contributed by atoms with E-state index in [4.69, 9.17) is 18.5 Å². The van der Waals surface area contributed by atoms with Crippen LogP contribution in [0.1, 0.15) is 136 Å². The summed E-state index contributed by atoms with van der Waals surface area (Å²) in [5.74, 6) is -0.396. The van der Waals surface area contributed by atoms with Gasteiger partial charge in [-0.3, -0.25) is 9.36 Å². The van der Waals surface area contributed by atoms with Gasteiger partial charge in [0.2, 0.25) is 0 Å². The summed E-state index contributed by atoms with van der Waals surface area (Å²) in [4.78, 5) is 25.0. The number of quaternary nitrogens is 1. The fourth-order valence-electron chi connectivity index (χ4n) is 4.87. The molecule has 0 fully saturated rings. The Morgan fingerprint density at radius 3 is 1.69 bits per heavy atom. The zero-order valence-electron chi connectivity index (χ0n) is 33.7. The zero-order valence-corrected chi connectivity index (χ0v) is 34.6. The van der Waals surface area contributed by atoms with E-state index in [9.17, 15) is 14.3 Å². The van der Waals surface area contributed by atoms with Gasteiger partial charge in [-0.05, 0) is 77.0 Å². The fraction of sp³-hybridized carbons (Fsp3) is 0.698. The van der Waals surface area contributed by atoms with Crippen LogP contribution in [0.2, 0.25) is 0 Å². The van der Waals surface area contributed by atoms with E-state index in [-0.39, 0.29) is 26.2 Å². The second-order valence-electron chi connectivity index (χ2n) is 14.3. The van der Waals surface area contributed by atoms with E-state index >= 15 is 0 Å². The number of phosphoric ester groups is 1. The van der Waals surface area contributed by atoms with Gasteiger partial charge >= 0.3 is 5.97 Å². The Bertz CT molecular complexity index is 1060. The third-order valence-corrected chi connectivity index (χ3v) is 8.96. The monoisotopic (exact) mass is 750 g/mol. The molecule has 300 valence electrons. The Kier molecular flexibility index (Phi) is 34.5. The molecule has 0 spiro atoms. The van der Waals surface area contributed by atoms with Gasteiger partial charge in [0.15, 0.2) is 0 Å². The zero-order chi connectivity index (χ0) is 38.4. The van der Waals surface area contributed by atoms with Gasteiger partial charge in [0.1, 0.15) is 19.3 Å². The van der Waals surface area contributed by atoms with Gasteiger partial charge in [-0.1, -0.05) is 125 Å². The highest BCUT2D eigenvalue weighted by molar-refractivity contribution is 7.45. The minimum absolute atomic E-state index is 0.0107. The summed E-state index contributed by atoms with van der Waals surface area (Å²) in [7, 11) is 1.30. The molecule has 9 heteroatoms. The molecule has 0 bridgehead atoms. The van der Waals surface area contributed by atoms with E-state index < -0.39 is 19.9 Å². The minimum Gasteiger partial charge on any atom is -0.756 e. The van der Waals surface area contributed by atoms with Gasteiger partial charge < -0.3 is 27.9 Å². The molecule has 52 heavy (non-hydrogen) atoms. The summed E-state index contributed by atoms with van der Waals surface area (Å²) >= 11 is 0. The van der Waals surface area contributed by atoms with Crippen molar-refractivity contribution < 1.29 is 37.3 Å². The predicted molar refractivity (Wildman–Crippen MR) is 217 cm³/mol. The molecule has 0 heterocycles. The van der Waals surface area contributed by atoms with Crippen molar-refractivity contribution in [2.24, 2.45) is 0 Å². The summed E-state index contributed by atoms with van der Waals surface area (Å²) in [6, 6.07) is 0. The highest BCUT2D eigenvalue weighted by Crippen LogP contribution is 2.38. The Morgan fingerprint density at radius 1 is 0.615 bits per heavy atom. The van der Waals surface area contributed by atoms with Crippen LogP contribution < -0.4 is 4.89 Å². The molecule has 0 amide bonds. The van der Waals surface area contributed by atoms with Crippen molar-refractivity contribution in [1.29, 1.82) is 0 Å². The van der Waals surface area contributed by atoms with Crippen LogP contribution in [0.25, 0.3) is 0 Å². The van der Waals surface area contributed by atoms with E-state index in [1.54, 1.807) is 0 Å². The number of rotatable bonds is 36. The molecule has 0 saturated carbocycles. The van der Waals surface area contributed by atoms with E-state index in [1.165, 1.54) is 44.9 Å². The van der Waals surface area contributed by atoms with Crippen molar-refractivity contribution >= 4 is 13.8 Å². The minimum atomic E-state index is -4.54. The number of nitrogens with zero attached hydrogens (tertiary/aromatic N) is 1.